The monoisotopic (exact) mass is 450 g/mol. The van der Waals surface area contributed by atoms with E-state index < -0.39 is 12.4 Å². The molecular weight excluding hydrogens is 423 g/mol. The van der Waals surface area contributed by atoms with Crippen molar-refractivity contribution in [3.8, 4) is 0 Å². The van der Waals surface area contributed by atoms with Crippen molar-refractivity contribution in [2.75, 3.05) is 23.3 Å². The Balaban J connectivity index is 1.41. The second-order valence-corrected chi connectivity index (χ2v) is 8.63. The number of benzene rings is 1. The number of anilines is 2. The molecule has 0 bridgehead atoms. The maximum absolute atomic E-state index is 13.8. The van der Waals surface area contributed by atoms with E-state index in [1.165, 1.54) is 6.26 Å². The fourth-order valence-corrected chi connectivity index (χ4v) is 4.46. The molecule has 5 rings (SSSR count). The van der Waals surface area contributed by atoms with E-state index in [9.17, 15) is 9.18 Å². The normalized spacial score (nSPS) is 18.7. The molecule has 1 fully saturated rings. The summed E-state index contributed by atoms with van der Waals surface area (Å²) in [7, 11) is 1.90. The Hall–Kier alpha value is -3.62. The molecule has 2 aliphatic heterocycles. The Bertz CT molecular complexity index is 1250. The molecule has 1 unspecified atom stereocenters. The summed E-state index contributed by atoms with van der Waals surface area (Å²) in [6.07, 6.45) is 2.89. The number of halogens is 1. The number of ether oxygens (including phenoxy) is 1. The van der Waals surface area contributed by atoms with Gasteiger partial charge in [-0.1, -0.05) is 0 Å². The molecule has 3 aromatic rings. The maximum Gasteiger partial charge on any atom is 0.275 e. The first-order valence-electron chi connectivity index (χ1n) is 11.1. The molecule has 1 atom stereocenters. The number of hydrogen-bond acceptors (Lipinski definition) is 6. The number of alkyl halides is 1. The minimum atomic E-state index is -0.777. The van der Waals surface area contributed by atoms with E-state index in [-0.39, 0.29) is 5.91 Å². The van der Waals surface area contributed by atoms with Gasteiger partial charge in [-0.2, -0.15) is 5.10 Å². The molecule has 1 aromatic carbocycles. The number of rotatable bonds is 4. The zero-order valence-corrected chi connectivity index (χ0v) is 18.9. The highest BCUT2D eigenvalue weighted by atomic mass is 19.1. The van der Waals surface area contributed by atoms with Crippen LogP contribution in [-0.4, -0.2) is 39.9 Å². The molecule has 2 N–H and O–H groups in total. The van der Waals surface area contributed by atoms with Gasteiger partial charge in [0.1, 0.15) is 18.1 Å². The number of nitrogens with one attached hydrogen (secondary N) is 2. The molecule has 9 heteroatoms. The molecule has 4 heterocycles. The van der Waals surface area contributed by atoms with Crippen molar-refractivity contribution < 1.29 is 13.9 Å². The largest absolute Gasteiger partial charge is 0.472 e. The summed E-state index contributed by atoms with van der Waals surface area (Å²) in [6, 6.07) is 7.74. The molecule has 8 nitrogen and oxygen atoms in total. The molecule has 0 saturated carbocycles. The molecule has 0 radical (unpaired) electrons. The molecule has 2 aromatic heterocycles. The minimum absolute atomic E-state index is 0.300. The van der Waals surface area contributed by atoms with E-state index in [0.29, 0.717) is 37.3 Å². The molecule has 1 amide bonds. The van der Waals surface area contributed by atoms with Gasteiger partial charge in [-0.3, -0.25) is 14.5 Å². The third kappa shape index (κ3) is 4.10. The molecule has 0 aliphatic carbocycles. The van der Waals surface area contributed by atoms with Gasteiger partial charge in [0.25, 0.3) is 5.91 Å². The highest BCUT2D eigenvalue weighted by molar-refractivity contribution is 6.07. The van der Waals surface area contributed by atoms with Crippen molar-refractivity contribution in [1.29, 1.82) is 0 Å². The summed E-state index contributed by atoms with van der Waals surface area (Å²) in [5.74, 6) is -0.300. The van der Waals surface area contributed by atoms with Crippen LogP contribution in [0.1, 0.15) is 36.0 Å². The second kappa shape index (κ2) is 8.38. The first-order valence-corrected chi connectivity index (χ1v) is 11.1. The van der Waals surface area contributed by atoms with Crippen LogP contribution in [0.15, 0.2) is 42.4 Å². The minimum Gasteiger partial charge on any atom is -0.472 e. The number of carbonyl (C=O) groups excluding carboxylic acids is 1. The van der Waals surface area contributed by atoms with Crippen molar-refractivity contribution in [1.82, 2.24) is 20.1 Å². The van der Waals surface area contributed by atoms with Crippen molar-refractivity contribution in [2.24, 2.45) is 7.05 Å². The number of fused-ring (bicyclic) bond motifs is 1. The lowest BCUT2D eigenvalue weighted by molar-refractivity contribution is -0.113. The van der Waals surface area contributed by atoms with Crippen LogP contribution in [0.3, 0.4) is 0 Å². The van der Waals surface area contributed by atoms with Crippen LogP contribution < -0.4 is 15.5 Å². The summed E-state index contributed by atoms with van der Waals surface area (Å²) < 4.78 is 21.3. The van der Waals surface area contributed by atoms with E-state index in [2.05, 4.69) is 25.6 Å². The number of aromatic nitrogens is 3. The van der Waals surface area contributed by atoms with Crippen molar-refractivity contribution in [3.05, 3.63) is 59.4 Å². The van der Waals surface area contributed by atoms with Crippen LogP contribution in [0.25, 0.3) is 10.9 Å². The van der Waals surface area contributed by atoms with Gasteiger partial charge in [-0.25, -0.2) is 4.39 Å². The quantitative estimate of drug-likeness (QED) is 0.632. The van der Waals surface area contributed by atoms with E-state index in [1.807, 2.05) is 49.8 Å². The zero-order valence-electron chi connectivity index (χ0n) is 18.9. The fraction of sp³-hybridized carbons (Fsp3) is 0.375. The van der Waals surface area contributed by atoms with Crippen molar-refractivity contribution >= 4 is 28.2 Å². The maximum atomic E-state index is 13.8. The smallest absolute Gasteiger partial charge is 0.275 e. The van der Waals surface area contributed by atoms with E-state index in [1.54, 1.807) is 6.20 Å². The first-order chi connectivity index (χ1) is 15.9. The molecule has 0 spiro atoms. The summed E-state index contributed by atoms with van der Waals surface area (Å²) in [4.78, 5) is 19.5. The average Bonchev–Trinajstić information content (AvgIpc) is 3.39. The number of hydrogen-bond donors (Lipinski definition) is 2. The Labute approximate surface area is 191 Å². The second-order valence-electron chi connectivity index (χ2n) is 8.63. The summed E-state index contributed by atoms with van der Waals surface area (Å²) in [5, 5.41) is 11.6. The first kappa shape index (κ1) is 21.2. The van der Waals surface area contributed by atoms with Crippen molar-refractivity contribution in [2.45, 2.75) is 39.1 Å². The van der Waals surface area contributed by atoms with E-state index in [4.69, 9.17) is 4.74 Å². The van der Waals surface area contributed by atoms with Gasteiger partial charge >= 0.3 is 0 Å². The van der Waals surface area contributed by atoms with Crippen LogP contribution in [0.4, 0.5) is 15.8 Å². The predicted octanol–water partition coefficient (Wildman–Crippen LogP) is 3.62. The molecule has 172 valence electrons. The summed E-state index contributed by atoms with van der Waals surface area (Å²) in [6.45, 7) is 5.04. The lowest BCUT2D eigenvalue weighted by atomic mass is 10.1. The topological polar surface area (TPSA) is 84.3 Å². The highest BCUT2D eigenvalue weighted by Gasteiger charge is 2.27. The number of piperidine rings is 1. The number of carbonyl (C=O) groups is 1. The molecule has 33 heavy (non-hydrogen) atoms. The fourth-order valence-electron chi connectivity index (χ4n) is 4.46. The standard InChI is InChI=1S/C24H27FN6O2/c1-14-10-16(4-7-26-14)24-28-20(13-33-24)23(32)27-19-11-18-15(2)29-30(3)21(18)12-22(19)31-8-5-17(25)6-9-31/h4,7,10-13,17,24,28H,5-6,8-9H2,1-3H3,(H,27,32). The highest BCUT2D eigenvalue weighted by Crippen LogP contribution is 2.35. The molecule has 2 aliphatic rings. The Morgan fingerprint density at radius 2 is 2.03 bits per heavy atom. The zero-order chi connectivity index (χ0) is 23.1. The van der Waals surface area contributed by atoms with Gasteiger partial charge in [0.05, 0.1) is 22.6 Å². The Morgan fingerprint density at radius 1 is 1.24 bits per heavy atom. The van der Waals surface area contributed by atoms with E-state index >= 15 is 0 Å². The predicted molar refractivity (Wildman–Crippen MR) is 124 cm³/mol. The SMILES string of the molecule is Cc1cc(C2NC(C(=O)Nc3cc4c(C)nn(C)c4cc3N3CCC(F)CC3)=CO2)ccn1. The van der Waals surface area contributed by atoms with Crippen LogP contribution in [-0.2, 0) is 16.6 Å². The Morgan fingerprint density at radius 3 is 2.79 bits per heavy atom. The van der Waals surface area contributed by atoms with Gasteiger partial charge in [0.2, 0.25) is 0 Å². The van der Waals surface area contributed by atoms with Gasteiger partial charge in [-0.05, 0) is 51.0 Å². The number of aryl methyl sites for hydroxylation is 3. The van der Waals surface area contributed by atoms with Crippen LogP contribution in [0.5, 0.6) is 0 Å². The van der Waals surface area contributed by atoms with Crippen LogP contribution in [0.2, 0.25) is 0 Å². The average molecular weight is 451 g/mol. The van der Waals surface area contributed by atoms with E-state index in [0.717, 1.165) is 33.5 Å². The van der Waals surface area contributed by atoms with Crippen LogP contribution in [0, 0.1) is 13.8 Å². The third-order valence-corrected chi connectivity index (χ3v) is 6.24. The summed E-state index contributed by atoms with van der Waals surface area (Å²) in [5.41, 5.74) is 5.50. The Kier molecular flexibility index (Phi) is 5.39. The number of amides is 1. The number of pyridine rings is 1. The van der Waals surface area contributed by atoms with Crippen LogP contribution >= 0.6 is 0 Å². The van der Waals surface area contributed by atoms with Gasteiger partial charge in [0, 0.05) is 43.0 Å². The summed E-state index contributed by atoms with van der Waals surface area (Å²) >= 11 is 0. The van der Waals surface area contributed by atoms with Gasteiger partial charge in [0.15, 0.2) is 6.23 Å². The molecular formula is C24H27FN6O2. The van der Waals surface area contributed by atoms with Gasteiger partial charge < -0.3 is 20.3 Å². The third-order valence-electron chi connectivity index (χ3n) is 6.24. The lowest BCUT2D eigenvalue weighted by Gasteiger charge is -2.32. The lowest BCUT2D eigenvalue weighted by Crippen LogP contribution is -2.35. The van der Waals surface area contributed by atoms with Gasteiger partial charge in [-0.15, -0.1) is 0 Å². The van der Waals surface area contributed by atoms with Crippen molar-refractivity contribution in [3.63, 3.8) is 0 Å². The molecule has 1 saturated heterocycles. The number of nitrogens with zero attached hydrogens (tertiary/aromatic N) is 4.